The zero-order chi connectivity index (χ0) is 12.3. The monoisotopic (exact) mass is 247 g/mol. The summed E-state index contributed by atoms with van der Waals surface area (Å²) in [5.41, 5.74) is -0.0613. The van der Waals surface area contributed by atoms with Crippen molar-refractivity contribution in [1.82, 2.24) is 0 Å². The maximum absolute atomic E-state index is 13.1. The Morgan fingerprint density at radius 2 is 2.06 bits per heavy atom. The summed E-state index contributed by atoms with van der Waals surface area (Å²) in [6, 6.07) is 3.32. The van der Waals surface area contributed by atoms with Gasteiger partial charge in [0, 0.05) is 6.92 Å². The number of halogens is 1. The van der Waals surface area contributed by atoms with Crippen molar-refractivity contribution >= 4 is 27.5 Å². The van der Waals surface area contributed by atoms with E-state index in [-0.39, 0.29) is 11.4 Å². The molecule has 4 N–H and O–H groups in total. The number of anilines is 2. The molecule has 6 nitrogen and oxygen atoms in total. The number of amides is 1. The van der Waals surface area contributed by atoms with Crippen LogP contribution in [0.2, 0.25) is 0 Å². The molecule has 0 spiro atoms. The highest BCUT2D eigenvalue weighted by atomic mass is 32.2. The van der Waals surface area contributed by atoms with Gasteiger partial charge in [-0.2, -0.15) is 8.42 Å². The average Bonchev–Trinajstić information content (AvgIpc) is 2.07. The van der Waals surface area contributed by atoms with Crippen LogP contribution in [0.5, 0.6) is 0 Å². The van der Waals surface area contributed by atoms with Gasteiger partial charge in [0.15, 0.2) is 0 Å². The van der Waals surface area contributed by atoms with Crippen LogP contribution in [0.4, 0.5) is 15.8 Å². The summed E-state index contributed by atoms with van der Waals surface area (Å²) in [4.78, 5) is 10.7. The van der Waals surface area contributed by atoms with Crippen molar-refractivity contribution in [3.05, 3.63) is 24.0 Å². The van der Waals surface area contributed by atoms with Gasteiger partial charge in [0.1, 0.15) is 5.82 Å². The summed E-state index contributed by atoms with van der Waals surface area (Å²) >= 11 is 0. The molecule has 0 saturated heterocycles. The highest BCUT2D eigenvalue weighted by Gasteiger charge is 2.07. The predicted molar refractivity (Wildman–Crippen MR) is 57.4 cm³/mol. The first kappa shape index (κ1) is 12.4. The minimum atomic E-state index is -3.92. The minimum absolute atomic E-state index is 0.0626. The van der Waals surface area contributed by atoms with Crippen LogP contribution >= 0.6 is 0 Å². The van der Waals surface area contributed by atoms with Crippen molar-refractivity contribution in [2.75, 3.05) is 10.0 Å². The molecule has 0 atom stereocenters. The zero-order valence-corrected chi connectivity index (χ0v) is 9.14. The maximum atomic E-state index is 13.1. The molecule has 16 heavy (non-hydrogen) atoms. The second-order valence-corrected chi connectivity index (χ2v) is 4.32. The Bertz CT molecular complexity index is 515. The standard InChI is InChI=1S/C8H10FN3O3S/c1-5(13)11-8-4-6(2-3-7(8)9)12-16(10,14)15/h2-4,12H,1H3,(H,11,13)(H2,10,14,15). The van der Waals surface area contributed by atoms with Gasteiger partial charge in [-0.1, -0.05) is 0 Å². The van der Waals surface area contributed by atoms with Crippen molar-refractivity contribution in [2.24, 2.45) is 5.14 Å². The topological polar surface area (TPSA) is 101 Å². The lowest BCUT2D eigenvalue weighted by Crippen LogP contribution is -2.21. The second-order valence-electron chi connectivity index (χ2n) is 3.02. The van der Waals surface area contributed by atoms with Crippen molar-refractivity contribution in [1.29, 1.82) is 0 Å². The molecule has 0 aliphatic carbocycles. The summed E-state index contributed by atoms with van der Waals surface area (Å²) in [6.45, 7) is 1.21. The summed E-state index contributed by atoms with van der Waals surface area (Å²) in [6.07, 6.45) is 0. The van der Waals surface area contributed by atoms with Crippen LogP contribution in [-0.4, -0.2) is 14.3 Å². The van der Waals surface area contributed by atoms with E-state index in [0.717, 1.165) is 12.1 Å². The zero-order valence-electron chi connectivity index (χ0n) is 8.32. The fourth-order valence-electron chi connectivity index (χ4n) is 1.04. The lowest BCUT2D eigenvalue weighted by atomic mass is 10.2. The highest BCUT2D eigenvalue weighted by Crippen LogP contribution is 2.19. The molecule has 0 fully saturated rings. The van der Waals surface area contributed by atoms with Gasteiger partial charge in [0.25, 0.3) is 10.2 Å². The van der Waals surface area contributed by atoms with E-state index < -0.39 is 21.9 Å². The van der Waals surface area contributed by atoms with Gasteiger partial charge in [-0.3, -0.25) is 9.52 Å². The molecule has 88 valence electrons. The van der Waals surface area contributed by atoms with E-state index in [1.165, 1.54) is 13.0 Å². The fourth-order valence-corrected chi connectivity index (χ4v) is 1.49. The van der Waals surface area contributed by atoms with Crippen molar-refractivity contribution in [3.8, 4) is 0 Å². The van der Waals surface area contributed by atoms with Crippen LogP contribution < -0.4 is 15.2 Å². The quantitative estimate of drug-likeness (QED) is 0.720. The Balaban J connectivity index is 3.02. The molecule has 0 aliphatic heterocycles. The number of nitrogens with one attached hydrogen (secondary N) is 2. The number of nitrogens with two attached hydrogens (primary N) is 1. The maximum Gasteiger partial charge on any atom is 0.296 e. The molecule has 1 aromatic rings. The predicted octanol–water partition coefficient (Wildman–Crippen LogP) is 0.399. The number of hydrogen-bond acceptors (Lipinski definition) is 3. The van der Waals surface area contributed by atoms with Crippen LogP contribution in [0.3, 0.4) is 0 Å². The van der Waals surface area contributed by atoms with E-state index in [2.05, 4.69) is 5.32 Å². The van der Waals surface area contributed by atoms with Crippen molar-refractivity contribution in [2.45, 2.75) is 6.92 Å². The van der Waals surface area contributed by atoms with Gasteiger partial charge in [-0.25, -0.2) is 9.53 Å². The third-order valence-electron chi connectivity index (χ3n) is 1.54. The third kappa shape index (κ3) is 3.83. The SMILES string of the molecule is CC(=O)Nc1cc(NS(N)(=O)=O)ccc1F. The average molecular weight is 247 g/mol. The summed E-state index contributed by atoms with van der Waals surface area (Å²) in [5, 5.41) is 6.95. The highest BCUT2D eigenvalue weighted by molar-refractivity contribution is 7.90. The van der Waals surface area contributed by atoms with Crippen molar-refractivity contribution < 1.29 is 17.6 Å². The van der Waals surface area contributed by atoms with Crippen LogP contribution in [0.25, 0.3) is 0 Å². The van der Waals surface area contributed by atoms with Crippen LogP contribution in [0.1, 0.15) is 6.92 Å². The molecule has 1 amide bonds. The molecule has 1 aromatic carbocycles. The van der Waals surface area contributed by atoms with Crippen LogP contribution in [0.15, 0.2) is 18.2 Å². The van der Waals surface area contributed by atoms with Gasteiger partial charge in [0.2, 0.25) is 5.91 Å². The lowest BCUT2D eigenvalue weighted by molar-refractivity contribution is -0.114. The van der Waals surface area contributed by atoms with Gasteiger partial charge in [-0.05, 0) is 18.2 Å². The van der Waals surface area contributed by atoms with E-state index in [4.69, 9.17) is 5.14 Å². The Labute approximate surface area is 91.8 Å². The molecule has 0 unspecified atom stereocenters. The molecule has 8 heteroatoms. The molecular weight excluding hydrogens is 237 g/mol. The summed E-state index contributed by atoms with van der Waals surface area (Å²) in [5.74, 6) is -1.14. The van der Waals surface area contributed by atoms with E-state index >= 15 is 0 Å². The lowest BCUT2D eigenvalue weighted by Gasteiger charge is -2.07. The first-order valence-corrected chi connectivity index (χ1v) is 5.70. The summed E-state index contributed by atoms with van der Waals surface area (Å²) < 4.78 is 36.5. The molecule has 1 rings (SSSR count). The Hall–Kier alpha value is -1.67. The van der Waals surface area contributed by atoms with Crippen molar-refractivity contribution in [3.63, 3.8) is 0 Å². The van der Waals surface area contributed by atoms with E-state index in [0.29, 0.717) is 0 Å². The number of carbonyl (C=O) groups excluding carboxylic acids is 1. The van der Waals surface area contributed by atoms with E-state index in [1.807, 2.05) is 4.72 Å². The largest absolute Gasteiger partial charge is 0.324 e. The third-order valence-corrected chi connectivity index (χ3v) is 2.06. The minimum Gasteiger partial charge on any atom is -0.324 e. The number of hydrogen-bond donors (Lipinski definition) is 3. The molecule has 0 saturated carbocycles. The first-order valence-electron chi connectivity index (χ1n) is 4.15. The van der Waals surface area contributed by atoms with E-state index in [9.17, 15) is 17.6 Å². The molecular formula is C8H10FN3O3S. The molecule has 0 aromatic heterocycles. The molecule has 0 heterocycles. The van der Waals surface area contributed by atoms with Gasteiger partial charge in [-0.15, -0.1) is 0 Å². The Morgan fingerprint density at radius 1 is 1.44 bits per heavy atom. The molecule has 0 radical (unpaired) electrons. The normalized spacial score (nSPS) is 10.9. The Morgan fingerprint density at radius 3 is 2.56 bits per heavy atom. The smallest absolute Gasteiger partial charge is 0.296 e. The van der Waals surface area contributed by atoms with Gasteiger partial charge < -0.3 is 5.32 Å². The van der Waals surface area contributed by atoms with E-state index in [1.54, 1.807) is 0 Å². The second kappa shape index (κ2) is 4.45. The number of rotatable bonds is 3. The van der Waals surface area contributed by atoms with Gasteiger partial charge >= 0.3 is 0 Å². The number of carbonyl (C=O) groups is 1. The van der Waals surface area contributed by atoms with Gasteiger partial charge in [0.05, 0.1) is 11.4 Å². The summed E-state index contributed by atoms with van der Waals surface area (Å²) in [7, 11) is -3.92. The van der Waals surface area contributed by atoms with Crippen LogP contribution in [-0.2, 0) is 15.0 Å². The molecule has 0 bridgehead atoms. The first-order chi connectivity index (χ1) is 7.28. The number of benzene rings is 1. The van der Waals surface area contributed by atoms with Crippen LogP contribution in [0, 0.1) is 5.82 Å². The Kier molecular flexibility index (Phi) is 3.45. The molecule has 0 aliphatic rings. The fraction of sp³-hybridized carbons (Fsp3) is 0.125.